The molecule has 1 saturated carbocycles. The van der Waals surface area contributed by atoms with Crippen molar-refractivity contribution in [1.82, 2.24) is 4.90 Å². The molecule has 44 heavy (non-hydrogen) atoms. The molecule has 236 valence electrons. The van der Waals surface area contributed by atoms with Crippen LogP contribution in [0.5, 0.6) is 0 Å². The SMILES string of the molecule is CCN(Cc1cc(C(=O)OCCCCOC(=O)Cc2ccccc2Nc2c(Cl)cccc2Cl)cc(Br)c1N)C1CCCCC1. The number of nitrogens with two attached hydrogens (primary N) is 1. The number of nitrogens with zero attached hydrogens (tertiary/aromatic N) is 1. The van der Waals surface area contributed by atoms with Gasteiger partial charge in [0.05, 0.1) is 46.6 Å². The molecule has 0 spiro atoms. The van der Waals surface area contributed by atoms with Crippen LogP contribution in [0.15, 0.2) is 59.1 Å². The average Bonchev–Trinajstić information content (AvgIpc) is 3.02. The number of nitrogen functional groups attached to an aromatic ring is 1. The lowest BCUT2D eigenvalue weighted by Crippen LogP contribution is -2.36. The monoisotopic (exact) mass is 703 g/mol. The second-order valence-corrected chi connectivity index (χ2v) is 12.7. The summed E-state index contributed by atoms with van der Waals surface area (Å²) in [6.07, 6.45) is 7.46. The molecule has 1 aliphatic rings. The van der Waals surface area contributed by atoms with Gasteiger partial charge in [-0.3, -0.25) is 9.69 Å². The fourth-order valence-corrected chi connectivity index (χ4v) is 6.47. The Hall–Kier alpha value is -2.78. The molecule has 0 heterocycles. The number of nitrogens with one attached hydrogen (secondary N) is 1. The Kier molecular flexibility index (Phi) is 13.2. The number of rotatable bonds is 14. The van der Waals surface area contributed by atoms with E-state index in [0.717, 1.165) is 23.4 Å². The lowest BCUT2D eigenvalue weighted by molar-refractivity contribution is -0.143. The highest BCUT2D eigenvalue weighted by Gasteiger charge is 2.22. The van der Waals surface area contributed by atoms with Crippen molar-refractivity contribution in [3.63, 3.8) is 0 Å². The Bertz CT molecular complexity index is 1410. The zero-order valence-corrected chi connectivity index (χ0v) is 28.1. The van der Waals surface area contributed by atoms with Crippen molar-refractivity contribution >= 4 is 68.1 Å². The van der Waals surface area contributed by atoms with Crippen molar-refractivity contribution in [2.45, 2.75) is 70.9 Å². The first-order valence-corrected chi connectivity index (χ1v) is 16.7. The lowest BCUT2D eigenvalue weighted by atomic mass is 9.93. The van der Waals surface area contributed by atoms with E-state index in [-0.39, 0.29) is 25.6 Å². The molecule has 1 aliphatic carbocycles. The molecular weight excluding hydrogens is 665 g/mol. The number of halogens is 3. The molecule has 4 rings (SSSR count). The quantitative estimate of drug-likeness (QED) is 0.0983. The molecule has 0 radical (unpaired) electrons. The Morgan fingerprint density at radius 2 is 1.64 bits per heavy atom. The van der Waals surface area contributed by atoms with Crippen LogP contribution >= 0.6 is 39.1 Å². The summed E-state index contributed by atoms with van der Waals surface area (Å²) < 4.78 is 11.7. The zero-order valence-electron chi connectivity index (χ0n) is 25.1. The van der Waals surface area contributed by atoms with Gasteiger partial charge in [-0.2, -0.15) is 0 Å². The largest absolute Gasteiger partial charge is 0.465 e. The highest BCUT2D eigenvalue weighted by atomic mass is 79.9. The van der Waals surface area contributed by atoms with Gasteiger partial charge in [0.15, 0.2) is 0 Å². The van der Waals surface area contributed by atoms with Crippen LogP contribution in [0.2, 0.25) is 10.0 Å². The molecule has 0 atom stereocenters. The third-order valence-electron chi connectivity index (χ3n) is 7.93. The number of benzene rings is 3. The van der Waals surface area contributed by atoms with Gasteiger partial charge >= 0.3 is 11.9 Å². The van der Waals surface area contributed by atoms with Crippen molar-refractivity contribution in [3.8, 4) is 0 Å². The molecule has 0 saturated heterocycles. The molecule has 0 amide bonds. The normalized spacial score (nSPS) is 13.6. The Labute approximate surface area is 278 Å². The van der Waals surface area contributed by atoms with E-state index in [2.05, 4.69) is 33.1 Å². The van der Waals surface area contributed by atoms with Crippen LogP contribution in [-0.2, 0) is 27.2 Å². The van der Waals surface area contributed by atoms with Gasteiger partial charge in [0.2, 0.25) is 0 Å². The first kappa shape index (κ1) is 34.1. The second-order valence-electron chi connectivity index (χ2n) is 11.0. The lowest BCUT2D eigenvalue weighted by Gasteiger charge is -2.34. The first-order chi connectivity index (χ1) is 21.3. The minimum atomic E-state index is -0.396. The van der Waals surface area contributed by atoms with Crippen molar-refractivity contribution < 1.29 is 19.1 Å². The zero-order chi connectivity index (χ0) is 31.5. The van der Waals surface area contributed by atoms with Gasteiger partial charge in [-0.1, -0.05) is 73.7 Å². The predicted molar refractivity (Wildman–Crippen MR) is 182 cm³/mol. The summed E-state index contributed by atoms with van der Waals surface area (Å²) in [6.45, 7) is 4.26. The van der Waals surface area contributed by atoms with E-state index in [4.69, 9.17) is 38.4 Å². The molecule has 3 aromatic carbocycles. The average molecular weight is 706 g/mol. The van der Waals surface area contributed by atoms with Crippen LogP contribution < -0.4 is 11.1 Å². The van der Waals surface area contributed by atoms with Gasteiger partial charge in [0.25, 0.3) is 0 Å². The van der Waals surface area contributed by atoms with E-state index in [1.54, 1.807) is 24.3 Å². The molecule has 0 unspecified atom stereocenters. The van der Waals surface area contributed by atoms with Crippen molar-refractivity contribution in [1.29, 1.82) is 0 Å². The predicted octanol–water partition coefficient (Wildman–Crippen LogP) is 8.96. The minimum absolute atomic E-state index is 0.0881. The number of unbranched alkanes of at least 4 members (excludes halogenated alkanes) is 1. The van der Waals surface area contributed by atoms with Gasteiger partial charge in [-0.25, -0.2) is 4.79 Å². The Morgan fingerprint density at radius 3 is 2.34 bits per heavy atom. The van der Waals surface area contributed by atoms with Crippen LogP contribution in [0, 0.1) is 0 Å². The molecule has 3 N–H and O–H groups in total. The van der Waals surface area contributed by atoms with E-state index >= 15 is 0 Å². The van der Waals surface area contributed by atoms with Crippen LogP contribution in [0.4, 0.5) is 17.1 Å². The minimum Gasteiger partial charge on any atom is -0.465 e. The molecule has 0 aromatic heterocycles. The van der Waals surface area contributed by atoms with E-state index in [1.807, 2.05) is 30.3 Å². The fraction of sp³-hybridized carbons (Fsp3) is 0.412. The molecule has 10 heteroatoms. The molecular formula is C34H40BrCl2N3O4. The maximum Gasteiger partial charge on any atom is 0.338 e. The van der Waals surface area contributed by atoms with E-state index in [0.29, 0.717) is 56.9 Å². The van der Waals surface area contributed by atoms with Crippen molar-refractivity contribution in [3.05, 3.63) is 85.8 Å². The van der Waals surface area contributed by atoms with Crippen LogP contribution in [0.25, 0.3) is 0 Å². The van der Waals surface area contributed by atoms with Crippen molar-refractivity contribution in [2.75, 3.05) is 30.8 Å². The van der Waals surface area contributed by atoms with Crippen LogP contribution in [0.3, 0.4) is 0 Å². The molecule has 3 aromatic rings. The number of para-hydroxylation sites is 2. The van der Waals surface area contributed by atoms with Gasteiger partial charge in [-0.15, -0.1) is 0 Å². The first-order valence-electron chi connectivity index (χ1n) is 15.2. The van der Waals surface area contributed by atoms with Gasteiger partial charge < -0.3 is 20.5 Å². The standard InChI is InChI=1S/C34H40BrCl2N3O4/c1-2-40(26-12-4-3-5-13-26)22-25-19-24(20-27(35)32(25)38)34(42)44-18-9-8-17-43-31(41)21-23-11-6-7-16-30(23)39-33-28(36)14-10-15-29(33)37/h6-7,10-11,14-16,19-20,26,39H,2-5,8-9,12-13,17-18,21-22,38H2,1H3. The van der Waals surface area contributed by atoms with E-state index in [9.17, 15) is 9.59 Å². The molecule has 0 bridgehead atoms. The number of hydrogen-bond donors (Lipinski definition) is 2. The van der Waals surface area contributed by atoms with Gasteiger partial charge in [0, 0.05) is 22.7 Å². The van der Waals surface area contributed by atoms with Gasteiger partial charge in [-0.05, 0) is 89.6 Å². The fourth-order valence-electron chi connectivity index (χ4n) is 5.48. The number of carbonyl (C=O) groups excluding carboxylic acids is 2. The third-order valence-corrected chi connectivity index (χ3v) is 9.22. The summed E-state index contributed by atoms with van der Waals surface area (Å²) in [5.74, 6) is -0.748. The van der Waals surface area contributed by atoms with Crippen LogP contribution in [-0.4, -0.2) is 42.6 Å². The second kappa shape index (κ2) is 17.1. The third kappa shape index (κ3) is 9.61. The van der Waals surface area contributed by atoms with Gasteiger partial charge in [0.1, 0.15) is 0 Å². The summed E-state index contributed by atoms with van der Waals surface area (Å²) in [4.78, 5) is 27.9. The summed E-state index contributed by atoms with van der Waals surface area (Å²) >= 11 is 16.1. The maximum absolute atomic E-state index is 12.9. The number of ether oxygens (including phenoxy) is 2. The topological polar surface area (TPSA) is 93.9 Å². The number of esters is 2. The van der Waals surface area contributed by atoms with E-state index < -0.39 is 5.97 Å². The Morgan fingerprint density at radius 1 is 0.955 bits per heavy atom. The highest BCUT2D eigenvalue weighted by molar-refractivity contribution is 9.10. The number of anilines is 3. The Balaban J connectivity index is 1.22. The van der Waals surface area contributed by atoms with Crippen molar-refractivity contribution in [2.24, 2.45) is 0 Å². The van der Waals surface area contributed by atoms with Crippen LogP contribution in [0.1, 0.15) is 73.4 Å². The molecule has 0 aliphatic heterocycles. The summed E-state index contributed by atoms with van der Waals surface area (Å²) in [6, 6.07) is 16.8. The molecule has 7 nitrogen and oxygen atoms in total. The smallest absolute Gasteiger partial charge is 0.338 e. The summed E-state index contributed by atoms with van der Waals surface area (Å²) in [5.41, 5.74) is 10.5. The summed E-state index contributed by atoms with van der Waals surface area (Å²) in [5, 5.41) is 4.20. The number of hydrogen-bond acceptors (Lipinski definition) is 7. The molecule has 1 fully saturated rings. The van der Waals surface area contributed by atoms with E-state index in [1.165, 1.54) is 32.1 Å². The highest BCUT2D eigenvalue weighted by Crippen LogP contribution is 2.34. The summed E-state index contributed by atoms with van der Waals surface area (Å²) in [7, 11) is 0. The number of carbonyl (C=O) groups is 2. The maximum atomic E-state index is 12.9.